The van der Waals surface area contributed by atoms with Crippen molar-refractivity contribution in [3.05, 3.63) is 56.7 Å². The van der Waals surface area contributed by atoms with Crippen molar-refractivity contribution in [1.82, 2.24) is 10.2 Å². The lowest BCUT2D eigenvalue weighted by atomic mass is 10.2. The molecule has 0 fully saturated rings. The second kappa shape index (κ2) is 6.95. The van der Waals surface area contributed by atoms with E-state index in [1.807, 2.05) is 17.5 Å². The molecule has 0 spiro atoms. The molecule has 116 valence electrons. The first kappa shape index (κ1) is 15.7. The van der Waals surface area contributed by atoms with Gasteiger partial charge >= 0.3 is 6.01 Å². The maximum atomic E-state index is 11.8. The van der Waals surface area contributed by atoms with Gasteiger partial charge in [0.2, 0.25) is 0 Å². The minimum Gasteiger partial charge on any atom is -0.403 e. The van der Waals surface area contributed by atoms with Gasteiger partial charge in [-0.05, 0) is 35.7 Å². The van der Waals surface area contributed by atoms with Crippen molar-refractivity contribution in [2.75, 3.05) is 5.32 Å². The van der Waals surface area contributed by atoms with Crippen LogP contribution in [0, 0.1) is 0 Å². The molecule has 3 aromatic rings. The predicted molar refractivity (Wildman–Crippen MR) is 91.7 cm³/mol. The highest BCUT2D eigenvalue weighted by atomic mass is 35.5. The molecule has 0 unspecified atom stereocenters. The van der Waals surface area contributed by atoms with E-state index in [1.165, 1.54) is 17.4 Å². The molecule has 0 aliphatic carbocycles. The van der Waals surface area contributed by atoms with Gasteiger partial charge in [-0.25, -0.2) is 0 Å². The molecular formula is C15H9Cl2N3O2S. The Labute approximate surface area is 145 Å². The number of hydrogen-bond donors (Lipinski definition) is 1. The van der Waals surface area contributed by atoms with E-state index in [-0.39, 0.29) is 17.8 Å². The Morgan fingerprint density at radius 2 is 2.13 bits per heavy atom. The van der Waals surface area contributed by atoms with Crippen LogP contribution in [-0.4, -0.2) is 16.1 Å². The minimum atomic E-state index is -0.365. The zero-order valence-corrected chi connectivity index (χ0v) is 13.8. The normalized spacial score (nSPS) is 11.0. The molecule has 0 saturated carbocycles. The summed E-state index contributed by atoms with van der Waals surface area (Å²) in [5.74, 6) is -0.167. The van der Waals surface area contributed by atoms with Gasteiger partial charge in [-0.2, -0.15) is 0 Å². The van der Waals surface area contributed by atoms with E-state index in [0.717, 1.165) is 4.88 Å². The average molecular weight is 366 g/mol. The van der Waals surface area contributed by atoms with Gasteiger partial charge in [-0.1, -0.05) is 34.4 Å². The molecule has 0 bridgehead atoms. The fourth-order valence-electron chi connectivity index (χ4n) is 1.74. The van der Waals surface area contributed by atoms with E-state index in [2.05, 4.69) is 15.5 Å². The molecule has 1 N–H and O–H groups in total. The van der Waals surface area contributed by atoms with Crippen LogP contribution in [0.5, 0.6) is 0 Å². The van der Waals surface area contributed by atoms with Crippen LogP contribution in [0.25, 0.3) is 17.5 Å². The maximum Gasteiger partial charge on any atom is 0.322 e. The molecule has 0 atom stereocenters. The molecular weight excluding hydrogens is 357 g/mol. The van der Waals surface area contributed by atoms with Crippen LogP contribution < -0.4 is 5.32 Å². The summed E-state index contributed by atoms with van der Waals surface area (Å²) in [5, 5.41) is 12.9. The van der Waals surface area contributed by atoms with E-state index in [9.17, 15) is 4.79 Å². The Morgan fingerprint density at radius 1 is 1.26 bits per heavy atom. The van der Waals surface area contributed by atoms with E-state index < -0.39 is 0 Å². The molecule has 1 aromatic carbocycles. The van der Waals surface area contributed by atoms with Crippen molar-refractivity contribution in [3.63, 3.8) is 0 Å². The molecule has 2 heterocycles. The highest BCUT2D eigenvalue weighted by Gasteiger charge is 2.13. The number of hydrogen-bond acceptors (Lipinski definition) is 5. The number of anilines is 1. The third kappa shape index (κ3) is 3.98. The average Bonchev–Trinajstić information content (AvgIpc) is 3.17. The SMILES string of the molecule is O=C(/C=C/c1cccs1)Nc1nnc(-c2ccc(Cl)cc2Cl)o1. The molecule has 8 heteroatoms. The van der Waals surface area contributed by atoms with Gasteiger partial charge in [0.1, 0.15) is 0 Å². The number of aromatic nitrogens is 2. The molecule has 1 amide bonds. The van der Waals surface area contributed by atoms with Crippen molar-refractivity contribution in [2.24, 2.45) is 0 Å². The summed E-state index contributed by atoms with van der Waals surface area (Å²) in [6, 6.07) is 8.71. The van der Waals surface area contributed by atoms with Crippen molar-refractivity contribution in [2.45, 2.75) is 0 Å². The molecule has 0 saturated heterocycles. The molecule has 0 aliphatic heterocycles. The fourth-order valence-corrected chi connectivity index (χ4v) is 2.84. The van der Waals surface area contributed by atoms with Gasteiger partial charge in [0, 0.05) is 16.0 Å². The zero-order chi connectivity index (χ0) is 16.2. The maximum absolute atomic E-state index is 11.8. The summed E-state index contributed by atoms with van der Waals surface area (Å²) < 4.78 is 5.39. The summed E-state index contributed by atoms with van der Waals surface area (Å²) >= 11 is 13.4. The zero-order valence-electron chi connectivity index (χ0n) is 11.5. The van der Waals surface area contributed by atoms with Crippen molar-refractivity contribution >= 4 is 52.5 Å². The van der Waals surface area contributed by atoms with Gasteiger partial charge in [0.05, 0.1) is 10.6 Å². The topological polar surface area (TPSA) is 68.0 Å². The van der Waals surface area contributed by atoms with Crippen molar-refractivity contribution in [1.29, 1.82) is 0 Å². The number of nitrogens with one attached hydrogen (secondary N) is 1. The van der Waals surface area contributed by atoms with E-state index >= 15 is 0 Å². The largest absolute Gasteiger partial charge is 0.403 e. The number of carbonyl (C=O) groups is 1. The van der Waals surface area contributed by atoms with E-state index in [0.29, 0.717) is 15.6 Å². The number of carbonyl (C=O) groups excluding carboxylic acids is 1. The molecule has 23 heavy (non-hydrogen) atoms. The van der Waals surface area contributed by atoms with E-state index in [1.54, 1.807) is 24.3 Å². The van der Waals surface area contributed by atoms with E-state index in [4.69, 9.17) is 27.6 Å². The van der Waals surface area contributed by atoms with Gasteiger partial charge < -0.3 is 4.42 Å². The number of rotatable bonds is 4. The second-order valence-corrected chi connectivity index (χ2v) is 6.20. The van der Waals surface area contributed by atoms with Gasteiger partial charge in [-0.15, -0.1) is 16.4 Å². The van der Waals surface area contributed by atoms with Crippen molar-refractivity contribution in [3.8, 4) is 11.5 Å². The first-order chi connectivity index (χ1) is 11.1. The van der Waals surface area contributed by atoms with Crippen LogP contribution in [0.1, 0.15) is 4.88 Å². The summed E-state index contributed by atoms with van der Waals surface area (Å²) in [5.41, 5.74) is 0.540. The molecule has 3 rings (SSSR count). The molecule has 0 radical (unpaired) electrons. The summed E-state index contributed by atoms with van der Waals surface area (Å²) in [6.45, 7) is 0. The first-order valence-corrected chi connectivity index (χ1v) is 8.07. The number of halogens is 2. The molecule has 5 nitrogen and oxygen atoms in total. The van der Waals surface area contributed by atoms with Gasteiger partial charge in [0.25, 0.3) is 11.8 Å². The fraction of sp³-hybridized carbons (Fsp3) is 0. The van der Waals surface area contributed by atoms with Crippen molar-refractivity contribution < 1.29 is 9.21 Å². The Balaban J connectivity index is 1.71. The number of thiophene rings is 1. The predicted octanol–water partition coefficient (Wildman–Crippen LogP) is 4.76. The van der Waals surface area contributed by atoms with Crippen LogP contribution in [0.4, 0.5) is 6.01 Å². The third-order valence-corrected chi connectivity index (χ3v) is 4.14. The quantitative estimate of drug-likeness (QED) is 0.676. The van der Waals surface area contributed by atoms with Crippen LogP contribution in [0.15, 0.2) is 46.2 Å². The molecule has 0 aliphatic rings. The Hall–Kier alpha value is -2.15. The Kier molecular flexibility index (Phi) is 4.76. The second-order valence-electron chi connectivity index (χ2n) is 4.37. The standard InChI is InChI=1S/C15H9Cl2N3O2S/c16-9-3-5-11(12(17)8-9)14-19-20-15(22-14)18-13(21)6-4-10-2-1-7-23-10/h1-8H,(H,18,20,21)/b6-4+. The molecule has 2 aromatic heterocycles. The first-order valence-electron chi connectivity index (χ1n) is 6.43. The van der Waals surface area contributed by atoms with Gasteiger partial charge in [0.15, 0.2) is 0 Å². The Bertz CT molecular complexity index is 859. The summed E-state index contributed by atoms with van der Waals surface area (Å²) in [7, 11) is 0. The van der Waals surface area contributed by atoms with Gasteiger partial charge in [-0.3, -0.25) is 10.1 Å². The van der Waals surface area contributed by atoms with Crippen LogP contribution in [0.2, 0.25) is 10.0 Å². The monoisotopic (exact) mass is 365 g/mol. The number of amides is 1. The summed E-state index contributed by atoms with van der Waals surface area (Å²) in [6.07, 6.45) is 3.10. The smallest absolute Gasteiger partial charge is 0.322 e. The Morgan fingerprint density at radius 3 is 2.87 bits per heavy atom. The highest BCUT2D eigenvalue weighted by molar-refractivity contribution is 7.10. The van der Waals surface area contributed by atoms with Crippen LogP contribution in [-0.2, 0) is 4.79 Å². The number of benzene rings is 1. The highest BCUT2D eigenvalue weighted by Crippen LogP contribution is 2.30. The summed E-state index contributed by atoms with van der Waals surface area (Å²) in [4.78, 5) is 12.8. The minimum absolute atomic E-state index is 0.00755. The van der Waals surface area contributed by atoms with Crippen LogP contribution >= 0.6 is 34.5 Å². The van der Waals surface area contributed by atoms with Crippen LogP contribution in [0.3, 0.4) is 0 Å². The lowest BCUT2D eigenvalue weighted by molar-refractivity contribution is -0.112. The lowest BCUT2D eigenvalue weighted by Crippen LogP contribution is -2.07. The third-order valence-electron chi connectivity index (χ3n) is 2.76. The lowest BCUT2D eigenvalue weighted by Gasteiger charge is -1.99. The number of nitrogens with zero attached hydrogens (tertiary/aromatic N) is 2.